The molecule has 7 heteroatoms. The minimum Gasteiger partial charge on any atom is -0.353 e. The van der Waals surface area contributed by atoms with Crippen molar-refractivity contribution in [2.75, 3.05) is 12.8 Å². The van der Waals surface area contributed by atoms with Crippen molar-refractivity contribution in [3.63, 3.8) is 0 Å². The number of carbonyl (C=O) groups is 1. The summed E-state index contributed by atoms with van der Waals surface area (Å²) in [6.45, 7) is 0.423. The molecule has 1 N–H and O–H groups in total. The number of nitrogens with one attached hydrogen (secondary N) is 1. The van der Waals surface area contributed by atoms with Gasteiger partial charge in [-0.3, -0.25) is 4.79 Å². The van der Waals surface area contributed by atoms with E-state index in [1.54, 1.807) is 24.3 Å². The molecule has 1 aliphatic rings. The SMILES string of the molecule is CS(=O)(=O)N(CCC(=O)NC1CCCC1)Cc1ccc(Cl)cc1. The summed E-state index contributed by atoms with van der Waals surface area (Å²) < 4.78 is 25.2. The van der Waals surface area contributed by atoms with Crippen molar-refractivity contribution in [3.05, 3.63) is 34.9 Å². The van der Waals surface area contributed by atoms with Crippen LogP contribution in [-0.4, -0.2) is 37.5 Å². The van der Waals surface area contributed by atoms with Crippen LogP contribution < -0.4 is 5.32 Å². The Kier molecular flexibility index (Phi) is 6.44. The molecule has 1 amide bonds. The Morgan fingerprint density at radius 2 is 1.87 bits per heavy atom. The van der Waals surface area contributed by atoms with Crippen LogP contribution in [0.25, 0.3) is 0 Å². The summed E-state index contributed by atoms with van der Waals surface area (Å²) in [5.74, 6) is -0.0818. The average Bonchev–Trinajstić information content (AvgIpc) is 2.97. The molecule has 0 spiro atoms. The van der Waals surface area contributed by atoms with Crippen LogP contribution in [0.2, 0.25) is 5.02 Å². The molecule has 128 valence electrons. The number of hydrogen-bond acceptors (Lipinski definition) is 3. The van der Waals surface area contributed by atoms with Gasteiger partial charge < -0.3 is 5.32 Å². The standard InChI is InChI=1S/C16H23ClN2O3S/c1-23(21,22)19(12-13-6-8-14(17)9-7-13)11-10-16(20)18-15-4-2-3-5-15/h6-9,15H,2-5,10-12H2,1H3,(H,18,20). The van der Waals surface area contributed by atoms with Crippen LogP contribution in [0.5, 0.6) is 0 Å². The fourth-order valence-electron chi connectivity index (χ4n) is 2.75. The van der Waals surface area contributed by atoms with Gasteiger partial charge in [0.15, 0.2) is 0 Å². The van der Waals surface area contributed by atoms with Gasteiger partial charge >= 0.3 is 0 Å². The first-order valence-electron chi connectivity index (χ1n) is 7.83. The van der Waals surface area contributed by atoms with Gasteiger partial charge in [-0.25, -0.2) is 8.42 Å². The van der Waals surface area contributed by atoms with Crippen molar-refractivity contribution < 1.29 is 13.2 Å². The Labute approximate surface area is 143 Å². The molecule has 23 heavy (non-hydrogen) atoms. The van der Waals surface area contributed by atoms with Gasteiger partial charge in [-0.15, -0.1) is 0 Å². The molecular formula is C16H23ClN2O3S. The second-order valence-electron chi connectivity index (χ2n) is 6.02. The highest BCUT2D eigenvalue weighted by Gasteiger charge is 2.20. The lowest BCUT2D eigenvalue weighted by Gasteiger charge is -2.20. The predicted octanol–water partition coefficient (Wildman–Crippen LogP) is 2.55. The number of carbonyl (C=O) groups excluding carboxylic acids is 1. The van der Waals surface area contributed by atoms with Crippen LogP contribution in [-0.2, 0) is 21.4 Å². The maximum atomic E-state index is 12.0. The number of halogens is 1. The van der Waals surface area contributed by atoms with E-state index in [9.17, 15) is 13.2 Å². The molecule has 1 fully saturated rings. The van der Waals surface area contributed by atoms with E-state index in [1.165, 1.54) is 4.31 Å². The fraction of sp³-hybridized carbons (Fsp3) is 0.562. The normalized spacial score (nSPS) is 16.0. The van der Waals surface area contributed by atoms with Crippen LogP contribution in [0.15, 0.2) is 24.3 Å². The van der Waals surface area contributed by atoms with Gasteiger partial charge in [0.1, 0.15) is 0 Å². The molecule has 1 saturated carbocycles. The maximum absolute atomic E-state index is 12.0. The number of rotatable bonds is 7. The van der Waals surface area contributed by atoms with E-state index in [2.05, 4.69) is 5.32 Å². The van der Waals surface area contributed by atoms with Gasteiger partial charge in [0.2, 0.25) is 15.9 Å². The number of hydrogen-bond donors (Lipinski definition) is 1. The lowest BCUT2D eigenvalue weighted by Crippen LogP contribution is -2.37. The summed E-state index contributed by atoms with van der Waals surface area (Å²) >= 11 is 5.84. The Morgan fingerprint density at radius 1 is 1.26 bits per heavy atom. The first-order chi connectivity index (χ1) is 10.8. The highest BCUT2D eigenvalue weighted by atomic mass is 35.5. The van der Waals surface area contributed by atoms with Gasteiger partial charge in [-0.05, 0) is 30.5 Å². The third-order valence-corrected chi connectivity index (χ3v) is 5.55. The second-order valence-corrected chi connectivity index (χ2v) is 8.44. The van der Waals surface area contributed by atoms with Gasteiger partial charge in [0, 0.05) is 30.6 Å². The van der Waals surface area contributed by atoms with Crippen LogP contribution in [0.3, 0.4) is 0 Å². The lowest BCUT2D eigenvalue weighted by molar-refractivity contribution is -0.121. The van der Waals surface area contributed by atoms with Gasteiger partial charge in [0.25, 0.3) is 0 Å². The Morgan fingerprint density at radius 3 is 2.43 bits per heavy atom. The van der Waals surface area contributed by atoms with Crippen molar-refractivity contribution in [2.24, 2.45) is 0 Å². The van der Waals surface area contributed by atoms with Crippen LogP contribution in [0.4, 0.5) is 0 Å². The number of sulfonamides is 1. The Hall–Kier alpha value is -1.11. The second kappa shape index (κ2) is 8.13. The first-order valence-corrected chi connectivity index (χ1v) is 10.1. The van der Waals surface area contributed by atoms with Crippen molar-refractivity contribution in [1.29, 1.82) is 0 Å². The molecule has 1 aliphatic carbocycles. The molecule has 0 heterocycles. The molecule has 0 unspecified atom stereocenters. The average molecular weight is 359 g/mol. The van der Waals surface area contributed by atoms with Crippen molar-refractivity contribution in [3.8, 4) is 0 Å². The quantitative estimate of drug-likeness (QED) is 0.814. The summed E-state index contributed by atoms with van der Waals surface area (Å²) in [6.07, 6.45) is 5.68. The zero-order chi connectivity index (χ0) is 16.9. The Balaban J connectivity index is 1.90. The maximum Gasteiger partial charge on any atom is 0.221 e. The van der Waals surface area contributed by atoms with Gasteiger partial charge in [0.05, 0.1) is 6.26 Å². The van der Waals surface area contributed by atoms with E-state index in [1.807, 2.05) is 0 Å². The molecule has 2 rings (SSSR count). The van der Waals surface area contributed by atoms with E-state index in [4.69, 9.17) is 11.6 Å². The van der Waals surface area contributed by atoms with E-state index in [0.717, 1.165) is 37.5 Å². The van der Waals surface area contributed by atoms with E-state index in [-0.39, 0.29) is 31.5 Å². The molecule has 1 aromatic carbocycles. The van der Waals surface area contributed by atoms with Crippen molar-refractivity contribution >= 4 is 27.5 Å². The van der Waals surface area contributed by atoms with E-state index in [0.29, 0.717) is 5.02 Å². The molecule has 0 bridgehead atoms. The number of benzene rings is 1. The molecule has 5 nitrogen and oxygen atoms in total. The molecule has 0 saturated heterocycles. The van der Waals surface area contributed by atoms with E-state index < -0.39 is 10.0 Å². The zero-order valence-electron chi connectivity index (χ0n) is 13.3. The summed E-state index contributed by atoms with van der Waals surface area (Å²) in [7, 11) is -3.38. The lowest BCUT2D eigenvalue weighted by atomic mass is 10.2. The highest BCUT2D eigenvalue weighted by Crippen LogP contribution is 2.18. The summed E-state index contributed by atoms with van der Waals surface area (Å²) in [5, 5.41) is 3.59. The predicted molar refractivity (Wildman–Crippen MR) is 91.7 cm³/mol. The third kappa shape index (κ3) is 6.12. The molecule has 0 aromatic heterocycles. The van der Waals surface area contributed by atoms with Crippen molar-refractivity contribution in [2.45, 2.75) is 44.7 Å². The zero-order valence-corrected chi connectivity index (χ0v) is 14.9. The minimum absolute atomic E-state index is 0.0818. The Bertz CT molecular complexity index is 625. The van der Waals surface area contributed by atoms with Crippen molar-refractivity contribution in [1.82, 2.24) is 9.62 Å². The largest absolute Gasteiger partial charge is 0.353 e. The molecule has 0 radical (unpaired) electrons. The molecule has 0 aliphatic heterocycles. The minimum atomic E-state index is -3.38. The van der Waals surface area contributed by atoms with E-state index >= 15 is 0 Å². The number of amides is 1. The smallest absolute Gasteiger partial charge is 0.221 e. The summed E-state index contributed by atoms with van der Waals surface area (Å²) in [4.78, 5) is 12.0. The monoisotopic (exact) mass is 358 g/mol. The summed E-state index contributed by atoms with van der Waals surface area (Å²) in [5.41, 5.74) is 0.844. The highest BCUT2D eigenvalue weighted by molar-refractivity contribution is 7.88. The third-order valence-electron chi connectivity index (χ3n) is 4.05. The number of nitrogens with zero attached hydrogens (tertiary/aromatic N) is 1. The molecule has 1 aromatic rings. The van der Waals surface area contributed by atoms with Crippen LogP contribution in [0.1, 0.15) is 37.7 Å². The topological polar surface area (TPSA) is 66.5 Å². The van der Waals surface area contributed by atoms with Gasteiger partial charge in [-0.2, -0.15) is 4.31 Å². The fourth-order valence-corrected chi connectivity index (χ4v) is 3.68. The summed E-state index contributed by atoms with van der Waals surface area (Å²) in [6, 6.07) is 7.29. The molecule has 0 atom stereocenters. The first kappa shape index (κ1) is 18.2. The van der Waals surface area contributed by atoms with Gasteiger partial charge in [-0.1, -0.05) is 36.6 Å². The van der Waals surface area contributed by atoms with Crippen LogP contribution >= 0.6 is 11.6 Å². The molecular weight excluding hydrogens is 336 g/mol. The van der Waals surface area contributed by atoms with Crippen LogP contribution in [0, 0.1) is 0 Å².